The number of hydrogen-bond acceptors (Lipinski definition) is 4. The number of hydrogen-bond donors (Lipinski definition) is 2. The van der Waals surface area contributed by atoms with Crippen molar-refractivity contribution in [3.05, 3.63) is 106 Å². The monoisotopic (exact) mass is 417 g/mol. The summed E-state index contributed by atoms with van der Waals surface area (Å²) in [6.45, 7) is 0. The molecule has 2 heterocycles. The number of halogens is 1. The van der Waals surface area contributed by atoms with E-state index < -0.39 is 6.17 Å². The summed E-state index contributed by atoms with van der Waals surface area (Å²) in [5.41, 5.74) is 3.20. The fourth-order valence-corrected chi connectivity index (χ4v) is 4.39. The number of benzene rings is 3. The van der Waals surface area contributed by atoms with E-state index in [-0.39, 0.29) is 11.4 Å². The van der Waals surface area contributed by atoms with E-state index in [0.29, 0.717) is 22.2 Å². The van der Waals surface area contributed by atoms with Crippen LogP contribution in [0.25, 0.3) is 11.3 Å². The quantitative estimate of drug-likeness (QED) is 0.387. The Bertz CT molecular complexity index is 1280. The molecule has 0 radical (unpaired) electrons. The number of H-pyrrole nitrogens is 1. The van der Waals surface area contributed by atoms with Crippen LogP contribution in [0.3, 0.4) is 0 Å². The molecule has 0 bridgehead atoms. The van der Waals surface area contributed by atoms with Crippen LogP contribution in [0.15, 0.2) is 88.8 Å². The molecule has 0 aliphatic carbocycles. The van der Waals surface area contributed by atoms with Gasteiger partial charge in [-0.2, -0.15) is 0 Å². The summed E-state index contributed by atoms with van der Waals surface area (Å²) in [6, 6.07) is 24.0. The van der Waals surface area contributed by atoms with Crippen molar-refractivity contribution in [3.63, 3.8) is 0 Å². The number of para-hydroxylation sites is 1. The van der Waals surface area contributed by atoms with Crippen LogP contribution in [-0.2, 0) is 5.75 Å². The highest BCUT2D eigenvalue weighted by Crippen LogP contribution is 2.32. The molecule has 0 amide bonds. The Morgan fingerprint density at radius 1 is 0.967 bits per heavy atom. The van der Waals surface area contributed by atoms with Gasteiger partial charge in [0.15, 0.2) is 0 Å². The fraction of sp³-hybridized carbons (Fsp3) is 0.0870. The molecule has 1 aliphatic rings. The first-order valence-electron chi connectivity index (χ1n) is 9.54. The van der Waals surface area contributed by atoms with Crippen molar-refractivity contribution in [1.29, 1.82) is 0 Å². The molecule has 2 N–H and O–H groups in total. The number of aromatic amines is 1. The van der Waals surface area contributed by atoms with E-state index in [1.165, 1.54) is 17.8 Å². The van der Waals surface area contributed by atoms with Gasteiger partial charge in [-0.1, -0.05) is 66.4 Å². The summed E-state index contributed by atoms with van der Waals surface area (Å²) in [4.78, 5) is 16.0. The van der Waals surface area contributed by atoms with E-state index in [1.54, 1.807) is 22.9 Å². The Balaban J connectivity index is 1.62. The van der Waals surface area contributed by atoms with Crippen molar-refractivity contribution >= 4 is 17.4 Å². The predicted molar refractivity (Wildman–Crippen MR) is 115 cm³/mol. The normalized spacial score (nSPS) is 14.5. The fourth-order valence-electron chi connectivity index (χ4n) is 3.59. The Labute approximate surface area is 176 Å². The minimum Gasteiger partial charge on any atom is -0.321 e. The van der Waals surface area contributed by atoms with E-state index in [4.69, 9.17) is 0 Å². The third kappa shape index (κ3) is 3.37. The summed E-state index contributed by atoms with van der Waals surface area (Å²) in [5, 5.41) is 8.50. The maximum Gasteiger partial charge on any atom is 0.325 e. The number of rotatable bonds is 4. The molecule has 0 unspecified atom stereocenters. The van der Waals surface area contributed by atoms with Crippen molar-refractivity contribution in [2.24, 2.45) is 0 Å². The van der Waals surface area contributed by atoms with Crippen LogP contribution in [0.5, 0.6) is 0 Å². The minimum absolute atomic E-state index is 0.254. The molecule has 1 atom stereocenters. The number of nitrogens with zero attached hydrogens (tertiary/aromatic N) is 2. The van der Waals surface area contributed by atoms with Gasteiger partial charge in [-0.3, -0.25) is 9.78 Å². The van der Waals surface area contributed by atoms with Gasteiger partial charge in [0.05, 0.1) is 16.8 Å². The first-order chi connectivity index (χ1) is 14.7. The van der Waals surface area contributed by atoms with Gasteiger partial charge in [0, 0.05) is 10.9 Å². The van der Waals surface area contributed by atoms with E-state index in [2.05, 4.69) is 15.4 Å². The second-order valence-corrected chi connectivity index (χ2v) is 7.90. The molecule has 1 aliphatic heterocycles. The van der Waals surface area contributed by atoms with Crippen LogP contribution in [0.4, 0.5) is 10.1 Å². The third-order valence-electron chi connectivity index (χ3n) is 5.00. The van der Waals surface area contributed by atoms with Crippen LogP contribution >= 0.6 is 11.8 Å². The molecule has 7 heteroatoms. The lowest BCUT2D eigenvalue weighted by Gasteiger charge is -2.22. The number of fused-ring (bicyclic) bond motifs is 3. The van der Waals surface area contributed by atoms with Gasteiger partial charge in [0.25, 0.3) is 6.17 Å². The molecule has 0 fully saturated rings. The van der Waals surface area contributed by atoms with Gasteiger partial charge in [-0.25, -0.2) is 4.39 Å². The van der Waals surface area contributed by atoms with Crippen molar-refractivity contribution in [2.75, 3.05) is 5.32 Å². The molecule has 148 valence electrons. The van der Waals surface area contributed by atoms with E-state index in [9.17, 15) is 9.18 Å². The molecule has 1 aromatic heterocycles. The van der Waals surface area contributed by atoms with Crippen LogP contribution in [0.1, 0.15) is 17.3 Å². The third-order valence-corrected chi connectivity index (χ3v) is 5.94. The first-order valence-corrected chi connectivity index (χ1v) is 10.5. The molecule has 4 aromatic rings. The highest BCUT2D eigenvalue weighted by atomic mass is 32.2. The standard InChI is InChI=1S/C23H17FN4OS/c24-18-12-6-4-10-16(18)21-25-19-13-7-5-11-17(19)20-22(29)26-23(27-28(20)21)30-14-15-8-2-1-3-9-15/h1-13,21H,14H2,(H,26,27,29)/p+1/t21-/m0/s1. The van der Waals surface area contributed by atoms with Crippen molar-refractivity contribution < 1.29 is 9.07 Å². The number of thioether (sulfide) groups is 1. The zero-order valence-corrected chi connectivity index (χ0v) is 16.7. The maximum absolute atomic E-state index is 14.6. The Kier molecular flexibility index (Phi) is 4.80. The molecular formula is C23H18FN4OS+. The maximum atomic E-state index is 14.6. The largest absolute Gasteiger partial charge is 0.325 e. The average Bonchev–Trinajstić information content (AvgIpc) is 2.78. The highest BCUT2D eigenvalue weighted by molar-refractivity contribution is 7.98. The summed E-state index contributed by atoms with van der Waals surface area (Å²) in [6.07, 6.45) is -0.630. The van der Waals surface area contributed by atoms with Crippen molar-refractivity contribution in [1.82, 2.24) is 10.1 Å². The zero-order valence-electron chi connectivity index (χ0n) is 15.9. The summed E-state index contributed by atoms with van der Waals surface area (Å²) >= 11 is 1.43. The van der Waals surface area contributed by atoms with Gasteiger partial charge >= 0.3 is 11.3 Å². The molecular weight excluding hydrogens is 399 g/mol. The summed E-state index contributed by atoms with van der Waals surface area (Å²) < 4.78 is 16.2. The summed E-state index contributed by atoms with van der Waals surface area (Å²) in [7, 11) is 0. The molecule has 5 rings (SSSR count). The van der Waals surface area contributed by atoms with Gasteiger partial charge in [0.2, 0.25) is 5.16 Å². The SMILES string of the molecule is O=c1[nH]c(SCc2ccccc2)n[n+]2c1-c1ccccc1N[C@@H]2c1ccccc1F. The second-order valence-electron chi connectivity index (χ2n) is 6.94. The number of nitrogens with one attached hydrogen (secondary N) is 2. The van der Waals surface area contributed by atoms with Crippen LogP contribution in [0, 0.1) is 5.82 Å². The topological polar surface area (TPSA) is 61.7 Å². The van der Waals surface area contributed by atoms with Gasteiger partial charge in [-0.15, -0.1) is 0 Å². The molecule has 0 saturated heterocycles. The molecule has 30 heavy (non-hydrogen) atoms. The Hall–Kier alpha value is -3.45. The minimum atomic E-state index is -0.630. The molecule has 0 spiro atoms. The van der Waals surface area contributed by atoms with Gasteiger partial charge < -0.3 is 5.32 Å². The first kappa shape index (κ1) is 18.6. The van der Waals surface area contributed by atoms with Gasteiger partial charge in [0.1, 0.15) is 5.82 Å². The van der Waals surface area contributed by atoms with Crippen LogP contribution < -0.4 is 15.6 Å². The Morgan fingerprint density at radius 2 is 1.70 bits per heavy atom. The predicted octanol–water partition coefficient (Wildman–Crippen LogP) is 4.13. The van der Waals surface area contributed by atoms with Gasteiger partial charge in [-0.05, 0) is 34.5 Å². The Morgan fingerprint density at radius 3 is 2.53 bits per heavy atom. The number of aromatic nitrogens is 3. The molecule has 5 nitrogen and oxygen atoms in total. The second kappa shape index (κ2) is 7.76. The van der Waals surface area contributed by atoms with Crippen LogP contribution in [-0.4, -0.2) is 10.1 Å². The lowest BCUT2D eigenvalue weighted by Crippen LogP contribution is -2.55. The van der Waals surface area contributed by atoms with E-state index in [1.807, 2.05) is 54.6 Å². The molecule has 3 aromatic carbocycles. The van der Waals surface area contributed by atoms with Crippen molar-refractivity contribution in [2.45, 2.75) is 17.1 Å². The highest BCUT2D eigenvalue weighted by Gasteiger charge is 2.38. The number of anilines is 1. The lowest BCUT2D eigenvalue weighted by molar-refractivity contribution is -0.759. The zero-order chi connectivity index (χ0) is 20.5. The molecule has 0 saturated carbocycles. The summed E-state index contributed by atoms with van der Waals surface area (Å²) in [5.74, 6) is 0.311. The smallest absolute Gasteiger partial charge is 0.321 e. The average molecular weight is 417 g/mol. The lowest BCUT2D eigenvalue weighted by atomic mass is 10.0. The van der Waals surface area contributed by atoms with Crippen LogP contribution in [0.2, 0.25) is 0 Å². The van der Waals surface area contributed by atoms with Crippen molar-refractivity contribution in [3.8, 4) is 11.3 Å². The van der Waals surface area contributed by atoms with E-state index >= 15 is 0 Å². The van der Waals surface area contributed by atoms with E-state index in [0.717, 1.165) is 16.8 Å².